The van der Waals surface area contributed by atoms with Gasteiger partial charge in [-0.25, -0.2) is 8.42 Å². The Labute approximate surface area is 121 Å². The maximum Gasteiger partial charge on any atom is 0.244 e. The molecule has 0 aromatic carbocycles. The zero-order valence-corrected chi connectivity index (χ0v) is 13.2. The Hall–Kier alpha value is -0.850. The highest BCUT2D eigenvalue weighted by Gasteiger charge is 2.31. The molecule has 0 atom stereocenters. The molecule has 0 amide bonds. The van der Waals surface area contributed by atoms with Crippen molar-refractivity contribution in [1.29, 1.82) is 0 Å². The predicted molar refractivity (Wildman–Crippen MR) is 77.9 cm³/mol. The molecular formula is C14H24N2O3S. The highest BCUT2D eigenvalue weighted by molar-refractivity contribution is 7.89. The highest BCUT2D eigenvalue weighted by Crippen LogP contribution is 2.37. The van der Waals surface area contributed by atoms with Gasteiger partial charge >= 0.3 is 0 Å². The van der Waals surface area contributed by atoms with Crippen LogP contribution in [0.4, 0.5) is 0 Å². The second kappa shape index (κ2) is 5.87. The first-order valence-corrected chi connectivity index (χ1v) is 8.69. The number of aliphatic hydroxyl groups excluding tert-OH is 1. The Bertz CT molecular complexity index is 559. The predicted octanol–water partition coefficient (Wildman–Crippen LogP) is 2.12. The fraction of sp³-hybridized carbons (Fsp3) is 0.714. The van der Waals surface area contributed by atoms with Crippen LogP contribution in [0.5, 0.6) is 0 Å². The molecule has 1 aliphatic carbocycles. The monoisotopic (exact) mass is 300 g/mol. The van der Waals surface area contributed by atoms with Gasteiger partial charge in [-0.15, -0.1) is 0 Å². The van der Waals surface area contributed by atoms with Gasteiger partial charge in [0.05, 0.1) is 6.61 Å². The van der Waals surface area contributed by atoms with Gasteiger partial charge in [-0.05, 0) is 39.2 Å². The van der Waals surface area contributed by atoms with Crippen LogP contribution in [0.2, 0.25) is 0 Å². The standard InChI is InChI=1S/C14H24N2O3S/c1-4-7-16(11(2)3)20(18,19)14-8-13(10-17)15(9-14)12-5-6-12/h8-9,11-12,17H,4-7,10H2,1-3H3. The quantitative estimate of drug-likeness (QED) is 0.839. The van der Waals surface area contributed by atoms with Gasteiger partial charge in [-0.3, -0.25) is 0 Å². The van der Waals surface area contributed by atoms with Gasteiger partial charge in [0.1, 0.15) is 4.90 Å². The minimum absolute atomic E-state index is 0.0678. The van der Waals surface area contributed by atoms with E-state index < -0.39 is 10.0 Å². The van der Waals surface area contributed by atoms with E-state index in [4.69, 9.17) is 0 Å². The smallest absolute Gasteiger partial charge is 0.244 e. The third-order valence-corrected chi connectivity index (χ3v) is 5.68. The maximum absolute atomic E-state index is 12.7. The molecule has 1 N–H and O–H groups in total. The number of rotatable bonds is 7. The zero-order chi connectivity index (χ0) is 14.9. The van der Waals surface area contributed by atoms with Gasteiger partial charge in [0.25, 0.3) is 0 Å². The fourth-order valence-electron chi connectivity index (χ4n) is 2.47. The van der Waals surface area contributed by atoms with Crippen LogP contribution in [0.1, 0.15) is 51.8 Å². The molecular weight excluding hydrogens is 276 g/mol. The zero-order valence-electron chi connectivity index (χ0n) is 12.4. The molecule has 2 rings (SSSR count). The Morgan fingerprint density at radius 1 is 1.45 bits per heavy atom. The second-order valence-corrected chi connectivity index (χ2v) is 7.56. The van der Waals surface area contributed by atoms with Crippen LogP contribution in [0, 0.1) is 0 Å². The summed E-state index contributed by atoms with van der Waals surface area (Å²) in [6, 6.07) is 1.90. The molecule has 0 saturated heterocycles. The number of aromatic nitrogens is 1. The summed E-state index contributed by atoms with van der Waals surface area (Å²) in [7, 11) is -3.48. The molecule has 1 saturated carbocycles. The average molecular weight is 300 g/mol. The molecule has 0 radical (unpaired) electrons. The highest BCUT2D eigenvalue weighted by atomic mass is 32.2. The van der Waals surface area contributed by atoms with Crippen LogP contribution in [-0.4, -0.2) is 35.0 Å². The topological polar surface area (TPSA) is 62.5 Å². The molecule has 0 spiro atoms. The van der Waals surface area contributed by atoms with Crippen molar-refractivity contribution in [1.82, 2.24) is 8.87 Å². The molecule has 1 fully saturated rings. The van der Waals surface area contributed by atoms with E-state index in [2.05, 4.69) is 0 Å². The molecule has 0 bridgehead atoms. The van der Waals surface area contributed by atoms with Gasteiger partial charge in [0.2, 0.25) is 10.0 Å². The van der Waals surface area contributed by atoms with E-state index >= 15 is 0 Å². The summed E-state index contributed by atoms with van der Waals surface area (Å²) in [5.41, 5.74) is 0.686. The second-order valence-electron chi connectivity index (χ2n) is 5.67. The Morgan fingerprint density at radius 2 is 2.10 bits per heavy atom. The number of sulfonamides is 1. The van der Waals surface area contributed by atoms with Crippen molar-refractivity contribution in [2.45, 2.75) is 63.6 Å². The minimum atomic E-state index is -3.48. The molecule has 0 unspecified atom stereocenters. The molecule has 5 nitrogen and oxygen atoms in total. The molecule has 1 aromatic heterocycles. The van der Waals surface area contributed by atoms with Crippen LogP contribution < -0.4 is 0 Å². The van der Waals surface area contributed by atoms with Gasteiger partial charge in [0.15, 0.2) is 0 Å². The van der Waals surface area contributed by atoms with Crippen molar-refractivity contribution in [2.24, 2.45) is 0 Å². The Balaban J connectivity index is 2.37. The number of nitrogens with zero attached hydrogens (tertiary/aromatic N) is 2. The lowest BCUT2D eigenvalue weighted by Gasteiger charge is -2.24. The van der Waals surface area contributed by atoms with Crippen molar-refractivity contribution in [3.8, 4) is 0 Å². The molecule has 0 aliphatic heterocycles. The summed E-state index contributed by atoms with van der Waals surface area (Å²) in [4.78, 5) is 0.301. The summed E-state index contributed by atoms with van der Waals surface area (Å²) in [5, 5.41) is 9.40. The van der Waals surface area contributed by atoms with Gasteiger partial charge in [-0.2, -0.15) is 4.31 Å². The maximum atomic E-state index is 12.7. The number of hydrogen-bond donors (Lipinski definition) is 1. The van der Waals surface area contributed by atoms with Crippen molar-refractivity contribution in [3.05, 3.63) is 18.0 Å². The normalized spacial score (nSPS) is 16.3. The van der Waals surface area contributed by atoms with Crippen LogP contribution in [0.3, 0.4) is 0 Å². The average Bonchev–Trinajstić information content (AvgIpc) is 3.13. The lowest BCUT2D eigenvalue weighted by atomic mass is 10.4. The van der Waals surface area contributed by atoms with Crippen molar-refractivity contribution in [2.75, 3.05) is 6.54 Å². The van der Waals surface area contributed by atoms with E-state index in [1.165, 1.54) is 4.31 Å². The lowest BCUT2D eigenvalue weighted by molar-refractivity contribution is 0.270. The largest absolute Gasteiger partial charge is 0.390 e. The molecule has 1 heterocycles. The summed E-state index contributed by atoms with van der Waals surface area (Å²) < 4.78 is 28.9. The van der Waals surface area contributed by atoms with Gasteiger partial charge in [-0.1, -0.05) is 6.92 Å². The fourth-order valence-corrected chi connectivity index (χ4v) is 4.25. The lowest BCUT2D eigenvalue weighted by Crippen LogP contribution is -2.37. The third-order valence-electron chi connectivity index (χ3n) is 3.64. The minimum Gasteiger partial charge on any atom is -0.390 e. The third kappa shape index (κ3) is 2.92. The number of hydrogen-bond acceptors (Lipinski definition) is 3. The molecule has 6 heteroatoms. The molecule has 1 aliphatic rings. The first-order valence-electron chi connectivity index (χ1n) is 7.25. The van der Waals surface area contributed by atoms with Crippen LogP contribution in [0.15, 0.2) is 17.2 Å². The van der Waals surface area contributed by atoms with Crippen molar-refractivity contribution < 1.29 is 13.5 Å². The summed E-state index contributed by atoms with van der Waals surface area (Å²) in [5.74, 6) is 0. The van der Waals surface area contributed by atoms with E-state index in [1.807, 2.05) is 25.3 Å². The van der Waals surface area contributed by atoms with Crippen LogP contribution in [-0.2, 0) is 16.6 Å². The van der Waals surface area contributed by atoms with Crippen molar-refractivity contribution in [3.63, 3.8) is 0 Å². The van der Waals surface area contributed by atoms with E-state index in [9.17, 15) is 13.5 Å². The summed E-state index contributed by atoms with van der Waals surface area (Å²) in [6.45, 7) is 6.14. The molecule has 1 aromatic rings. The Kier molecular flexibility index (Phi) is 4.56. The molecule has 114 valence electrons. The van der Waals surface area contributed by atoms with E-state index in [0.717, 1.165) is 19.3 Å². The first kappa shape index (κ1) is 15.5. The van der Waals surface area contributed by atoms with E-state index in [1.54, 1.807) is 12.3 Å². The van der Waals surface area contributed by atoms with Crippen molar-refractivity contribution >= 4 is 10.0 Å². The van der Waals surface area contributed by atoms with E-state index in [0.29, 0.717) is 23.2 Å². The van der Waals surface area contributed by atoms with Crippen LogP contribution in [0.25, 0.3) is 0 Å². The molecule has 20 heavy (non-hydrogen) atoms. The van der Waals surface area contributed by atoms with Gasteiger partial charge in [0, 0.05) is 30.5 Å². The first-order chi connectivity index (χ1) is 9.41. The van der Waals surface area contributed by atoms with E-state index in [-0.39, 0.29) is 12.6 Å². The SMILES string of the molecule is CCCN(C(C)C)S(=O)(=O)c1cc(CO)n(C2CC2)c1. The van der Waals surface area contributed by atoms with Crippen LogP contribution >= 0.6 is 0 Å². The summed E-state index contributed by atoms with van der Waals surface area (Å²) in [6.07, 6.45) is 4.59. The Morgan fingerprint density at radius 3 is 2.55 bits per heavy atom. The number of aliphatic hydroxyl groups is 1. The van der Waals surface area contributed by atoms with Gasteiger partial charge < -0.3 is 9.67 Å². The summed E-state index contributed by atoms with van der Waals surface area (Å²) >= 11 is 0.